The second-order valence-corrected chi connectivity index (χ2v) is 26.0. The zero-order chi connectivity index (χ0) is 73.4. The first-order valence-electron chi connectivity index (χ1n) is 38.2. The third-order valence-electron chi connectivity index (χ3n) is 20.5. The van der Waals surface area contributed by atoms with Gasteiger partial charge in [0.15, 0.2) is 0 Å². The van der Waals surface area contributed by atoms with Gasteiger partial charge in [0.05, 0.1) is 33.4 Å². The smallest absolute Gasteiger partial charge is 0.252 e. The summed E-state index contributed by atoms with van der Waals surface area (Å²) >= 11 is 0. The molecule has 0 aliphatic carbocycles. The summed E-state index contributed by atoms with van der Waals surface area (Å²) in [5, 5.41) is 1.95. The maximum atomic E-state index is 9.88. The second kappa shape index (κ2) is 23.8. The van der Waals surface area contributed by atoms with Gasteiger partial charge in [0.2, 0.25) is 0 Å². The van der Waals surface area contributed by atoms with Gasteiger partial charge in [0.25, 0.3) is 6.71 Å². The quantitative estimate of drug-likeness (QED) is 0.121. The maximum absolute atomic E-state index is 9.88. The molecule has 0 fully saturated rings. The fourth-order valence-corrected chi connectivity index (χ4v) is 15.9. The van der Waals surface area contributed by atoms with E-state index in [0.29, 0.717) is 5.69 Å². The number of fused-ring (bicyclic) bond motifs is 10. The minimum Gasteiger partial charge on any atom is -0.456 e. The molecule has 0 radical (unpaired) electrons. The number of benzene rings is 16. The monoisotopic (exact) mass is 1290 g/mol. The van der Waals surface area contributed by atoms with Crippen LogP contribution in [0, 0.1) is 0 Å². The topological polar surface area (TPSA) is 24.6 Å². The second-order valence-electron chi connectivity index (χ2n) is 26.0. The van der Waals surface area contributed by atoms with Gasteiger partial charge in [-0.2, -0.15) is 0 Å². The van der Waals surface area contributed by atoms with Crippen molar-refractivity contribution in [1.29, 1.82) is 0 Å². The lowest BCUT2D eigenvalue weighted by molar-refractivity contribution is 0.669. The standard InChI is InChI=1S/C96H62BN3O/c1-6-24-63(25-7-1)66-44-48-70(49-45-66)78-39-23-40-79(71-50-46-67(47-51-71)64-26-8-2-9-27-64)96(78)100-89-62-75(98-86-41-19-16-34-80(86)81-35-17-20-42-87(81)98)54-55-84(89)97-85-59-73(65-28-10-3-11-29-65)52-56-88(85)99(95-76(68-30-12-4-13-31-68)37-22-38-77(95)69-32-14-5-15-33-69)90-60-74(61-91(100)94(90)97)72-53-57-93-83(58-72)82-36-18-21-43-92(82)101-93/h1-62H/i16D,17D,19D,20D,34D,35D,41D,42D. The van der Waals surface area contributed by atoms with Crippen LogP contribution in [-0.4, -0.2) is 11.3 Å². The van der Waals surface area contributed by atoms with E-state index in [1.807, 2.05) is 42.5 Å². The first kappa shape index (κ1) is 50.2. The van der Waals surface area contributed by atoms with Crippen LogP contribution >= 0.6 is 0 Å². The SMILES string of the molecule is [2H]c1c([2H])c([2H])c2c(c1[2H])c1c([2H])c([2H])c([2H])c([2H])c1n2-c1ccc2c(c1)N(c1c(-c3ccc(-c4ccccc4)cc3)cccc1-c1ccc(-c3ccccc3)cc1)c1cc(-c3ccc4oc5ccccc5c4c3)cc3c1B2c1cc(-c2ccccc2)ccc1N3c1c(-c2ccccc2)cccc1-c1ccccc1. The zero-order valence-electron chi connectivity index (χ0n) is 62.5. The van der Waals surface area contributed by atoms with Crippen LogP contribution in [0.2, 0.25) is 0 Å². The van der Waals surface area contributed by atoms with E-state index < -0.39 is 43.0 Å². The summed E-state index contributed by atoms with van der Waals surface area (Å²) in [6, 6.07) is 112. The van der Waals surface area contributed by atoms with Crippen LogP contribution in [0.4, 0.5) is 34.1 Å². The molecule has 101 heavy (non-hydrogen) atoms. The molecule has 0 saturated heterocycles. The molecule has 18 aromatic rings. The minimum absolute atomic E-state index is 0.00416. The number of hydrogen-bond donors (Lipinski definition) is 0. The van der Waals surface area contributed by atoms with Gasteiger partial charge in [0, 0.05) is 72.2 Å². The largest absolute Gasteiger partial charge is 0.456 e. The number of furan rings is 1. The van der Waals surface area contributed by atoms with Crippen molar-refractivity contribution in [1.82, 2.24) is 4.57 Å². The molecule has 0 amide bonds. The van der Waals surface area contributed by atoms with E-state index in [0.717, 1.165) is 161 Å². The average molecular weight is 1290 g/mol. The van der Waals surface area contributed by atoms with Crippen LogP contribution in [0.1, 0.15) is 11.0 Å². The predicted octanol–water partition coefficient (Wildman–Crippen LogP) is 24.1. The number of anilines is 6. The van der Waals surface area contributed by atoms with E-state index in [1.165, 1.54) is 0 Å². The first-order chi connectivity index (χ1) is 53.4. The lowest BCUT2D eigenvalue weighted by Gasteiger charge is -2.46. The number of aromatic nitrogens is 1. The number of hydrogen-bond acceptors (Lipinski definition) is 3. The molecule has 16 aromatic carbocycles. The van der Waals surface area contributed by atoms with Gasteiger partial charge in [-0.15, -0.1) is 0 Å². The molecule has 0 saturated carbocycles. The first-order valence-corrected chi connectivity index (χ1v) is 34.2. The summed E-state index contributed by atoms with van der Waals surface area (Å²) in [6.07, 6.45) is 0. The molecule has 20 rings (SSSR count). The van der Waals surface area contributed by atoms with Crippen molar-refractivity contribution in [3.8, 4) is 94.7 Å². The third kappa shape index (κ3) is 9.61. The predicted molar refractivity (Wildman–Crippen MR) is 426 cm³/mol. The molecule has 0 spiro atoms. The Bertz CT molecular complexity index is 6520. The molecule has 4 heterocycles. The highest BCUT2D eigenvalue weighted by atomic mass is 16.3. The Morgan fingerprint density at radius 2 is 0.663 bits per heavy atom. The summed E-state index contributed by atoms with van der Waals surface area (Å²) in [7, 11) is 0. The summed E-state index contributed by atoms with van der Waals surface area (Å²) in [6.45, 7) is -0.530. The van der Waals surface area contributed by atoms with Gasteiger partial charge in [-0.05, 0) is 144 Å². The Kier molecular flexibility index (Phi) is 11.8. The molecule has 0 unspecified atom stereocenters. The Morgan fingerprint density at radius 3 is 1.20 bits per heavy atom. The van der Waals surface area contributed by atoms with Crippen LogP contribution < -0.4 is 26.2 Å². The van der Waals surface area contributed by atoms with E-state index in [1.54, 1.807) is 4.57 Å². The number of nitrogens with zero attached hydrogens (tertiary/aromatic N) is 3. The lowest BCUT2D eigenvalue weighted by Crippen LogP contribution is -2.61. The van der Waals surface area contributed by atoms with Crippen molar-refractivity contribution < 1.29 is 15.4 Å². The molecule has 2 aromatic heterocycles. The van der Waals surface area contributed by atoms with E-state index >= 15 is 0 Å². The van der Waals surface area contributed by atoms with E-state index in [4.69, 9.17) is 7.16 Å². The molecule has 5 heteroatoms. The fraction of sp³-hybridized carbons (Fsp3) is 0. The van der Waals surface area contributed by atoms with Gasteiger partial charge >= 0.3 is 0 Å². The van der Waals surface area contributed by atoms with Crippen molar-refractivity contribution in [2.24, 2.45) is 0 Å². The van der Waals surface area contributed by atoms with Crippen molar-refractivity contribution in [3.63, 3.8) is 0 Å². The zero-order valence-corrected chi connectivity index (χ0v) is 54.5. The minimum atomic E-state index is -0.530. The van der Waals surface area contributed by atoms with E-state index in [2.05, 4.69) is 295 Å². The molecule has 470 valence electrons. The lowest BCUT2D eigenvalue weighted by atomic mass is 9.33. The Balaban J connectivity index is 0.973. The summed E-state index contributed by atoms with van der Waals surface area (Å²) in [4.78, 5) is 4.95. The summed E-state index contributed by atoms with van der Waals surface area (Å²) < 4.78 is 84.0. The molecule has 4 nitrogen and oxygen atoms in total. The molecule has 0 N–H and O–H groups in total. The van der Waals surface area contributed by atoms with Crippen molar-refractivity contribution in [2.45, 2.75) is 0 Å². The van der Waals surface area contributed by atoms with Crippen LogP contribution in [0.3, 0.4) is 0 Å². The Morgan fingerprint density at radius 1 is 0.257 bits per heavy atom. The highest BCUT2D eigenvalue weighted by Crippen LogP contribution is 2.55. The summed E-state index contributed by atoms with van der Waals surface area (Å²) in [5.41, 5.74) is 26.2. The molecule has 2 aliphatic heterocycles. The molecular formula is C96H62BN3O. The van der Waals surface area contributed by atoms with Gasteiger partial charge < -0.3 is 18.8 Å². The molecular weight excluding hydrogens is 1220 g/mol. The van der Waals surface area contributed by atoms with Crippen LogP contribution in [0.25, 0.3) is 138 Å². The van der Waals surface area contributed by atoms with E-state index in [-0.39, 0.29) is 33.9 Å². The van der Waals surface area contributed by atoms with Crippen LogP contribution in [0.15, 0.2) is 380 Å². The van der Waals surface area contributed by atoms with Gasteiger partial charge in [0.1, 0.15) is 11.2 Å². The van der Waals surface area contributed by atoms with Crippen LogP contribution in [0.5, 0.6) is 0 Å². The normalized spacial score (nSPS) is 13.4. The Hall–Kier alpha value is -13.2. The number of para-hydroxylation sites is 5. The van der Waals surface area contributed by atoms with Crippen molar-refractivity contribution >= 4 is 101 Å². The maximum Gasteiger partial charge on any atom is 0.252 e. The van der Waals surface area contributed by atoms with Gasteiger partial charge in [-0.3, -0.25) is 0 Å². The van der Waals surface area contributed by atoms with Gasteiger partial charge in [-0.25, -0.2) is 0 Å². The Labute approximate surface area is 598 Å². The third-order valence-corrected chi connectivity index (χ3v) is 20.5. The van der Waals surface area contributed by atoms with Crippen molar-refractivity contribution in [2.75, 3.05) is 9.80 Å². The van der Waals surface area contributed by atoms with Crippen molar-refractivity contribution in [3.05, 3.63) is 376 Å². The molecule has 0 bridgehead atoms. The fourth-order valence-electron chi connectivity index (χ4n) is 15.9. The van der Waals surface area contributed by atoms with E-state index in [9.17, 15) is 8.22 Å². The highest BCUT2D eigenvalue weighted by molar-refractivity contribution is 7.00. The molecule has 0 atom stereocenters. The molecule has 2 aliphatic rings. The number of rotatable bonds is 11. The average Bonchev–Trinajstić information content (AvgIpc) is 1.69. The van der Waals surface area contributed by atoms with Crippen LogP contribution in [-0.2, 0) is 0 Å². The summed E-state index contributed by atoms with van der Waals surface area (Å²) in [5.74, 6) is 0. The van der Waals surface area contributed by atoms with Gasteiger partial charge in [-0.1, -0.05) is 315 Å². The highest BCUT2D eigenvalue weighted by Gasteiger charge is 2.46.